The van der Waals surface area contributed by atoms with E-state index in [-0.39, 0.29) is 0 Å². The SMILES string of the molecule is c1ccc(-c2ccc3c(c2)-c2cccc4c(-c5ccc(-n6c7ccccc7c7ccccc76)cc5)ccc(c24)S3)cc1. The van der Waals surface area contributed by atoms with E-state index in [1.807, 2.05) is 11.8 Å². The molecule has 0 saturated heterocycles. The lowest BCUT2D eigenvalue weighted by Crippen LogP contribution is -1.96. The first-order valence-electron chi connectivity index (χ1n) is 14.4. The van der Waals surface area contributed by atoms with E-state index in [4.69, 9.17) is 0 Å². The van der Waals surface area contributed by atoms with Crippen LogP contribution in [-0.4, -0.2) is 4.57 Å². The summed E-state index contributed by atoms with van der Waals surface area (Å²) in [6.07, 6.45) is 0. The van der Waals surface area contributed by atoms with Crippen LogP contribution in [0.5, 0.6) is 0 Å². The molecule has 0 saturated carbocycles. The molecule has 42 heavy (non-hydrogen) atoms. The second kappa shape index (κ2) is 9.24. The number of rotatable bonds is 3. The van der Waals surface area contributed by atoms with Gasteiger partial charge in [0.2, 0.25) is 0 Å². The highest BCUT2D eigenvalue weighted by Gasteiger charge is 2.21. The Kier molecular flexibility index (Phi) is 5.20. The molecule has 0 spiro atoms. The first kappa shape index (κ1) is 23.6. The quantitative estimate of drug-likeness (QED) is 0.211. The summed E-state index contributed by atoms with van der Waals surface area (Å²) in [6, 6.07) is 55.4. The van der Waals surface area contributed by atoms with Crippen LogP contribution in [0.15, 0.2) is 161 Å². The molecular weight excluding hydrogens is 527 g/mol. The Morgan fingerprint density at radius 3 is 1.79 bits per heavy atom. The molecule has 0 fully saturated rings. The molecule has 2 heterocycles. The largest absolute Gasteiger partial charge is 0.309 e. The van der Waals surface area contributed by atoms with E-state index in [2.05, 4.69) is 156 Å². The third-order valence-corrected chi connectivity index (χ3v) is 9.75. The van der Waals surface area contributed by atoms with Crippen molar-refractivity contribution >= 4 is 44.3 Å². The third-order valence-electron chi connectivity index (χ3n) is 8.62. The van der Waals surface area contributed by atoms with E-state index in [0.29, 0.717) is 0 Å². The highest BCUT2D eigenvalue weighted by Crippen LogP contribution is 2.50. The summed E-state index contributed by atoms with van der Waals surface area (Å²) in [5, 5.41) is 5.23. The molecule has 1 aliphatic heterocycles. The van der Waals surface area contributed by atoms with Gasteiger partial charge in [-0.05, 0) is 81.2 Å². The maximum Gasteiger partial charge on any atom is 0.0541 e. The average Bonchev–Trinajstić information content (AvgIpc) is 3.40. The summed E-state index contributed by atoms with van der Waals surface area (Å²) in [5.41, 5.74) is 11.3. The van der Waals surface area contributed by atoms with Crippen molar-refractivity contribution in [2.75, 3.05) is 0 Å². The van der Waals surface area contributed by atoms with Crippen molar-refractivity contribution in [2.45, 2.75) is 9.79 Å². The zero-order valence-corrected chi connectivity index (χ0v) is 23.6. The van der Waals surface area contributed by atoms with Gasteiger partial charge < -0.3 is 4.57 Å². The summed E-state index contributed by atoms with van der Waals surface area (Å²) in [7, 11) is 0. The van der Waals surface area contributed by atoms with E-state index in [0.717, 1.165) is 0 Å². The number of benzene rings is 7. The van der Waals surface area contributed by atoms with E-state index in [9.17, 15) is 0 Å². The first-order valence-corrected chi connectivity index (χ1v) is 15.2. The zero-order valence-electron chi connectivity index (χ0n) is 22.8. The minimum Gasteiger partial charge on any atom is -0.309 e. The Bertz CT molecular complexity index is 2260. The lowest BCUT2D eigenvalue weighted by molar-refractivity contribution is 1.18. The molecule has 7 aromatic carbocycles. The highest BCUT2D eigenvalue weighted by atomic mass is 32.2. The van der Waals surface area contributed by atoms with Gasteiger partial charge in [0.15, 0.2) is 0 Å². The lowest BCUT2D eigenvalue weighted by Gasteiger charge is -2.22. The summed E-state index contributed by atoms with van der Waals surface area (Å²) in [4.78, 5) is 2.64. The number of fused-ring (bicyclic) bond motifs is 5. The van der Waals surface area contributed by atoms with Crippen LogP contribution in [0.3, 0.4) is 0 Å². The van der Waals surface area contributed by atoms with Gasteiger partial charge in [0, 0.05) is 31.6 Å². The fourth-order valence-electron chi connectivity index (χ4n) is 6.68. The van der Waals surface area contributed by atoms with Crippen molar-refractivity contribution in [3.05, 3.63) is 152 Å². The monoisotopic (exact) mass is 551 g/mol. The van der Waals surface area contributed by atoms with E-state index < -0.39 is 0 Å². The maximum atomic E-state index is 2.38. The fourth-order valence-corrected chi connectivity index (χ4v) is 7.79. The van der Waals surface area contributed by atoms with Crippen LogP contribution in [-0.2, 0) is 0 Å². The van der Waals surface area contributed by atoms with E-state index >= 15 is 0 Å². The molecule has 9 rings (SSSR count). The van der Waals surface area contributed by atoms with Crippen LogP contribution >= 0.6 is 11.8 Å². The zero-order chi connectivity index (χ0) is 27.6. The number of hydrogen-bond donors (Lipinski definition) is 0. The molecule has 196 valence electrons. The van der Waals surface area contributed by atoms with Crippen LogP contribution in [0.1, 0.15) is 0 Å². The van der Waals surface area contributed by atoms with Crippen molar-refractivity contribution < 1.29 is 0 Å². The molecular formula is C40H25NS. The number of nitrogens with zero attached hydrogens (tertiary/aromatic N) is 1. The topological polar surface area (TPSA) is 4.93 Å². The van der Waals surface area contributed by atoms with Crippen molar-refractivity contribution in [3.8, 4) is 39.1 Å². The van der Waals surface area contributed by atoms with Gasteiger partial charge in [-0.2, -0.15) is 0 Å². The third kappa shape index (κ3) is 3.52. The molecule has 2 heteroatoms. The Balaban J connectivity index is 1.18. The van der Waals surface area contributed by atoms with Gasteiger partial charge in [-0.15, -0.1) is 0 Å². The van der Waals surface area contributed by atoms with Gasteiger partial charge in [0.05, 0.1) is 11.0 Å². The van der Waals surface area contributed by atoms with Crippen LogP contribution in [0.2, 0.25) is 0 Å². The molecule has 1 nitrogen and oxygen atoms in total. The molecule has 0 bridgehead atoms. The second-order valence-electron chi connectivity index (χ2n) is 10.9. The molecule has 1 aliphatic rings. The van der Waals surface area contributed by atoms with Crippen molar-refractivity contribution in [1.82, 2.24) is 4.57 Å². The van der Waals surface area contributed by atoms with Crippen molar-refractivity contribution in [1.29, 1.82) is 0 Å². The minimum atomic E-state index is 1.18. The number of aromatic nitrogens is 1. The number of hydrogen-bond acceptors (Lipinski definition) is 1. The normalized spacial score (nSPS) is 12.2. The first-order chi connectivity index (χ1) is 20.8. The van der Waals surface area contributed by atoms with Crippen LogP contribution in [0.4, 0.5) is 0 Å². The second-order valence-corrected chi connectivity index (χ2v) is 12.0. The Morgan fingerprint density at radius 2 is 1.02 bits per heavy atom. The molecule has 0 amide bonds. The van der Waals surface area contributed by atoms with Crippen LogP contribution in [0.25, 0.3) is 71.6 Å². The molecule has 0 aliphatic carbocycles. The summed E-state index contributed by atoms with van der Waals surface area (Å²) < 4.78 is 2.38. The van der Waals surface area contributed by atoms with Crippen LogP contribution < -0.4 is 0 Å². The van der Waals surface area contributed by atoms with Crippen molar-refractivity contribution in [2.24, 2.45) is 0 Å². The predicted molar refractivity (Wildman–Crippen MR) is 179 cm³/mol. The van der Waals surface area contributed by atoms with Crippen LogP contribution in [0, 0.1) is 0 Å². The van der Waals surface area contributed by atoms with Gasteiger partial charge in [0.1, 0.15) is 0 Å². The summed E-state index contributed by atoms with van der Waals surface area (Å²) in [6.45, 7) is 0. The van der Waals surface area contributed by atoms with Gasteiger partial charge in [-0.3, -0.25) is 0 Å². The highest BCUT2D eigenvalue weighted by molar-refractivity contribution is 7.99. The molecule has 0 N–H and O–H groups in total. The predicted octanol–water partition coefficient (Wildman–Crippen LogP) is 11.4. The maximum absolute atomic E-state index is 2.38. The Morgan fingerprint density at radius 1 is 0.381 bits per heavy atom. The van der Waals surface area contributed by atoms with Gasteiger partial charge in [-0.25, -0.2) is 0 Å². The molecule has 0 radical (unpaired) electrons. The van der Waals surface area contributed by atoms with E-state index in [1.165, 1.54) is 81.4 Å². The van der Waals surface area contributed by atoms with Crippen molar-refractivity contribution in [3.63, 3.8) is 0 Å². The molecule has 0 unspecified atom stereocenters. The molecule has 0 atom stereocenters. The fraction of sp³-hybridized carbons (Fsp3) is 0. The molecule has 8 aromatic rings. The Hall–Kier alpha value is -5.05. The summed E-state index contributed by atoms with van der Waals surface area (Å²) >= 11 is 1.88. The average molecular weight is 552 g/mol. The molecule has 1 aromatic heterocycles. The van der Waals surface area contributed by atoms with Gasteiger partial charge in [0.25, 0.3) is 0 Å². The van der Waals surface area contributed by atoms with E-state index in [1.54, 1.807) is 0 Å². The van der Waals surface area contributed by atoms with Gasteiger partial charge in [-0.1, -0.05) is 121 Å². The number of para-hydroxylation sites is 2. The Labute approximate surface area is 248 Å². The van der Waals surface area contributed by atoms with Gasteiger partial charge >= 0.3 is 0 Å². The lowest BCUT2D eigenvalue weighted by atomic mass is 9.91. The summed E-state index contributed by atoms with van der Waals surface area (Å²) in [5.74, 6) is 0. The minimum absolute atomic E-state index is 1.18. The smallest absolute Gasteiger partial charge is 0.0541 e. The standard InChI is InChI=1S/C40H25NS/c1-2-9-26(10-3-1)28-19-23-38-35(25-28)34-14-8-13-33-30(22-24-39(42-38)40(33)34)27-17-20-29(21-18-27)41-36-15-6-4-11-31(36)32-12-5-7-16-37(32)41/h1-25H.